The molecule has 0 aromatic heterocycles. The maximum Gasteiger partial charge on any atom is 0.508 e. The summed E-state index contributed by atoms with van der Waals surface area (Å²) in [5.41, 5.74) is -0.521. The highest BCUT2D eigenvalue weighted by atomic mass is 35.5. The van der Waals surface area contributed by atoms with E-state index >= 15 is 0 Å². The summed E-state index contributed by atoms with van der Waals surface area (Å²) in [6.45, 7) is 0.808. The van der Waals surface area contributed by atoms with Crippen LogP contribution in [0.15, 0.2) is 30.3 Å². The number of esters is 1. The maximum absolute atomic E-state index is 11.9. The van der Waals surface area contributed by atoms with Gasteiger partial charge in [-0.1, -0.05) is 30.3 Å². The summed E-state index contributed by atoms with van der Waals surface area (Å²) in [5.74, 6) is -0.285. The fourth-order valence-corrected chi connectivity index (χ4v) is 1.65. The van der Waals surface area contributed by atoms with Crippen LogP contribution in [0.3, 0.4) is 0 Å². The number of rotatable bonds is 9. The van der Waals surface area contributed by atoms with E-state index in [2.05, 4.69) is 0 Å². The molecule has 0 aliphatic rings. The van der Waals surface area contributed by atoms with Crippen LogP contribution in [0.2, 0.25) is 0 Å². The van der Waals surface area contributed by atoms with E-state index in [1.54, 1.807) is 12.1 Å². The first-order chi connectivity index (χ1) is 11.0. The molecule has 0 bridgehead atoms. The number of aliphatic hydroxyl groups excluding tert-OH is 1. The summed E-state index contributed by atoms with van der Waals surface area (Å²) >= 11 is 5.49. The Labute approximate surface area is 140 Å². The minimum atomic E-state index is -1.34. The molecule has 0 heterocycles. The van der Waals surface area contributed by atoms with E-state index in [4.69, 9.17) is 25.8 Å². The lowest BCUT2D eigenvalue weighted by atomic mass is 9.93. The van der Waals surface area contributed by atoms with E-state index in [1.165, 1.54) is 6.92 Å². The van der Waals surface area contributed by atoms with Crippen LogP contribution in [0.4, 0.5) is 4.79 Å². The van der Waals surface area contributed by atoms with Gasteiger partial charge < -0.3 is 19.3 Å². The van der Waals surface area contributed by atoms with E-state index < -0.39 is 24.1 Å². The average Bonchev–Trinajstić information content (AvgIpc) is 2.58. The van der Waals surface area contributed by atoms with Crippen molar-refractivity contribution in [2.45, 2.75) is 20.0 Å². The molecule has 0 radical (unpaired) electrons. The number of ether oxygens (including phenoxy) is 3. The van der Waals surface area contributed by atoms with Crippen molar-refractivity contribution < 1.29 is 28.9 Å². The van der Waals surface area contributed by atoms with Gasteiger partial charge in [0.15, 0.2) is 0 Å². The Morgan fingerprint density at radius 3 is 2.48 bits per heavy atom. The molecule has 1 atom stereocenters. The molecule has 1 rings (SSSR count). The van der Waals surface area contributed by atoms with Crippen LogP contribution in [0, 0.1) is 5.41 Å². The maximum atomic E-state index is 11.9. The number of alkyl halides is 1. The molecule has 7 heteroatoms. The van der Waals surface area contributed by atoms with Crippen molar-refractivity contribution in [3.8, 4) is 0 Å². The third-order valence-corrected chi connectivity index (χ3v) is 3.33. The summed E-state index contributed by atoms with van der Waals surface area (Å²) in [6, 6.07) is 9.11. The Kier molecular flexibility index (Phi) is 8.43. The second kappa shape index (κ2) is 10.1. The summed E-state index contributed by atoms with van der Waals surface area (Å²) in [7, 11) is 0. The first-order valence-corrected chi connectivity index (χ1v) is 7.73. The van der Waals surface area contributed by atoms with Gasteiger partial charge in [-0.2, -0.15) is 0 Å². The molecule has 0 amide bonds. The lowest BCUT2D eigenvalue weighted by molar-refractivity contribution is -0.160. The second-order valence-corrected chi connectivity index (χ2v) is 5.59. The normalized spacial score (nSPS) is 13.0. The molecule has 1 unspecified atom stereocenters. The lowest BCUT2D eigenvalue weighted by Gasteiger charge is -2.24. The van der Waals surface area contributed by atoms with Gasteiger partial charge in [0.2, 0.25) is 0 Å². The molecule has 0 saturated heterocycles. The summed E-state index contributed by atoms with van der Waals surface area (Å²) in [6.07, 6.45) is -0.406. The molecular weight excluding hydrogens is 324 g/mol. The molecule has 23 heavy (non-hydrogen) atoms. The van der Waals surface area contributed by atoms with Gasteiger partial charge in [0.1, 0.15) is 18.6 Å². The van der Waals surface area contributed by atoms with E-state index in [1.807, 2.05) is 18.2 Å². The molecule has 1 N–H and O–H groups in total. The fourth-order valence-electron chi connectivity index (χ4n) is 1.54. The van der Waals surface area contributed by atoms with Gasteiger partial charge in [0.25, 0.3) is 0 Å². The van der Waals surface area contributed by atoms with Crippen molar-refractivity contribution in [2.24, 2.45) is 5.41 Å². The van der Waals surface area contributed by atoms with Crippen LogP contribution in [-0.4, -0.2) is 42.9 Å². The number of hydrogen-bond acceptors (Lipinski definition) is 6. The largest absolute Gasteiger partial charge is 0.508 e. The van der Waals surface area contributed by atoms with E-state index in [0.717, 1.165) is 5.56 Å². The van der Waals surface area contributed by atoms with Gasteiger partial charge >= 0.3 is 12.1 Å². The van der Waals surface area contributed by atoms with Crippen LogP contribution in [0.25, 0.3) is 0 Å². The predicted molar refractivity (Wildman–Crippen MR) is 84.1 cm³/mol. The first kappa shape index (κ1) is 19.3. The quantitative estimate of drug-likeness (QED) is 0.421. The Balaban J connectivity index is 2.39. The molecule has 0 aliphatic heterocycles. The minimum Gasteiger partial charge on any atom is -0.465 e. The number of carbonyl (C=O) groups excluding carboxylic acids is 2. The highest BCUT2D eigenvalue weighted by molar-refractivity contribution is 6.17. The van der Waals surface area contributed by atoms with Crippen LogP contribution in [0.1, 0.15) is 18.9 Å². The molecule has 1 aromatic carbocycles. The smallest absolute Gasteiger partial charge is 0.465 e. The number of benzene rings is 1. The predicted octanol–water partition coefficient (Wildman–Crippen LogP) is 2.51. The van der Waals surface area contributed by atoms with Crippen molar-refractivity contribution in [1.29, 1.82) is 0 Å². The highest BCUT2D eigenvalue weighted by Crippen LogP contribution is 2.19. The van der Waals surface area contributed by atoms with Gasteiger partial charge in [-0.15, -0.1) is 11.6 Å². The number of carbonyl (C=O) groups is 2. The van der Waals surface area contributed by atoms with Crippen molar-refractivity contribution in [3.05, 3.63) is 35.9 Å². The lowest BCUT2D eigenvalue weighted by Crippen LogP contribution is -2.39. The zero-order valence-corrected chi connectivity index (χ0v) is 13.8. The standard InChI is InChI=1S/C16H21ClO6/c1-16(11-18,14(19)21-9-5-8-17)12-23-15(20)22-10-13-6-3-2-4-7-13/h2-4,6-7,18H,5,8-12H2,1H3. The Bertz CT molecular complexity index is 493. The zero-order valence-electron chi connectivity index (χ0n) is 13.0. The molecule has 0 saturated carbocycles. The molecule has 0 spiro atoms. The zero-order chi connectivity index (χ0) is 17.1. The fraction of sp³-hybridized carbons (Fsp3) is 0.500. The van der Waals surface area contributed by atoms with Crippen molar-refractivity contribution in [3.63, 3.8) is 0 Å². The van der Waals surface area contributed by atoms with E-state index in [-0.39, 0.29) is 19.8 Å². The van der Waals surface area contributed by atoms with E-state index in [9.17, 15) is 14.7 Å². The second-order valence-electron chi connectivity index (χ2n) is 5.21. The molecule has 128 valence electrons. The van der Waals surface area contributed by atoms with Crippen LogP contribution in [-0.2, 0) is 25.6 Å². The molecular formula is C16H21ClO6. The van der Waals surface area contributed by atoms with Gasteiger partial charge in [-0.25, -0.2) is 4.79 Å². The highest BCUT2D eigenvalue weighted by Gasteiger charge is 2.36. The monoisotopic (exact) mass is 344 g/mol. The SMILES string of the molecule is CC(CO)(COC(=O)OCc1ccccc1)C(=O)OCCCCl. The third kappa shape index (κ3) is 6.88. The Morgan fingerprint density at radius 2 is 1.87 bits per heavy atom. The Hall–Kier alpha value is -1.79. The summed E-state index contributed by atoms with van der Waals surface area (Å²) in [5, 5.41) is 9.37. The Morgan fingerprint density at radius 1 is 1.17 bits per heavy atom. The van der Waals surface area contributed by atoms with Crippen LogP contribution >= 0.6 is 11.6 Å². The van der Waals surface area contributed by atoms with Gasteiger partial charge in [-0.05, 0) is 18.9 Å². The topological polar surface area (TPSA) is 82.1 Å². The summed E-state index contributed by atoms with van der Waals surface area (Å²) < 4.78 is 14.8. The number of halogens is 1. The summed E-state index contributed by atoms with van der Waals surface area (Å²) in [4.78, 5) is 23.5. The molecule has 6 nitrogen and oxygen atoms in total. The average molecular weight is 345 g/mol. The molecule has 1 aromatic rings. The van der Waals surface area contributed by atoms with Crippen LogP contribution in [0.5, 0.6) is 0 Å². The van der Waals surface area contributed by atoms with Crippen molar-refractivity contribution >= 4 is 23.7 Å². The first-order valence-electron chi connectivity index (χ1n) is 7.19. The minimum absolute atomic E-state index is 0.0652. The third-order valence-electron chi connectivity index (χ3n) is 3.06. The van der Waals surface area contributed by atoms with Gasteiger partial charge in [0.05, 0.1) is 13.2 Å². The van der Waals surface area contributed by atoms with Crippen molar-refractivity contribution in [2.75, 3.05) is 25.7 Å². The van der Waals surface area contributed by atoms with Crippen LogP contribution < -0.4 is 0 Å². The molecule has 0 aliphatic carbocycles. The molecule has 0 fully saturated rings. The van der Waals surface area contributed by atoms with Gasteiger partial charge in [0, 0.05) is 5.88 Å². The number of aliphatic hydroxyl groups is 1. The van der Waals surface area contributed by atoms with E-state index in [0.29, 0.717) is 12.3 Å². The van der Waals surface area contributed by atoms with Crippen molar-refractivity contribution in [1.82, 2.24) is 0 Å². The number of hydrogen-bond donors (Lipinski definition) is 1. The van der Waals surface area contributed by atoms with Gasteiger partial charge in [-0.3, -0.25) is 4.79 Å².